The number of hydrogen-bond acceptors (Lipinski definition) is 3. The Morgan fingerprint density at radius 2 is 2.04 bits per heavy atom. The van der Waals surface area contributed by atoms with Crippen molar-refractivity contribution in [1.29, 1.82) is 0 Å². The van der Waals surface area contributed by atoms with E-state index in [4.69, 9.17) is 4.74 Å². The van der Waals surface area contributed by atoms with Crippen LogP contribution >= 0.6 is 0 Å². The molecule has 122 valence electrons. The molecule has 0 unspecified atom stereocenters. The van der Waals surface area contributed by atoms with Crippen LogP contribution in [0.15, 0.2) is 35.5 Å². The average Bonchev–Trinajstić information content (AvgIpc) is 2.54. The molecule has 1 aliphatic heterocycles. The Morgan fingerprint density at radius 3 is 2.83 bits per heavy atom. The standard InChI is InChI=1S/C19H23NO3/c1-3-12(2)23-17-10-5-4-7-13(17)14-11-18(22)20-15-8-6-9-16(21)19(14)15/h4-5,7,10,12,14H,3,6,8-9,11H2,1-2H3,(H,20,22)/t12-,14-/m1/s1. The summed E-state index contributed by atoms with van der Waals surface area (Å²) in [5.41, 5.74) is 2.56. The Labute approximate surface area is 136 Å². The van der Waals surface area contributed by atoms with Crippen LogP contribution in [0, 0.1) is 0 Å². The van der Waals surface area contributed by atoms with Gasteiger partial charge in [0.15, 0.2) is 5.78 Å². The van der Waals surface area contributed by atoms with Crippen LogP contribution < -0.4 is 10.1 Å². The Balaban J connectivity index is 2.03. The van der Waals surface area contributed by atoms with Crippen LogP contribution in [-0.2, 0) is 9.59 Å². The number of carbonyl (C=O) groups excluding carboxylic acids is 2. The van der Waals surface area contributed by atoms with Gasteiger partial charge in [0.1, 0.15) is 5.75 Å². The summed E-state index contributed by atoms with van der Waals surface area (Å²) in [5, 5.41) is 2.90. The molecule has 1 aromatic carbocycles. The van der Waals surface area contributed by atoms with E-state index in [1.807, 2.05) is 31.2 Å². The highest BCUT2D eigenvalue weighted by Gasteiger charge is 2.36. The number of nitrogens with one attached hydrogen (secondary N) is 1. The summed E-state index contributed by atoms with van der Waals surface area (Å²) in [7, 11) is 0. The van der Waals surface area contributed by atoms with E-state index in [9.17, 15) is 9.59 Å². The number of rotatable bonds is 4. The Hall–Kier alpha value is -2.10. The van der Waals surface area contributed by atoms with Gasteiger partial charge in [0.25, 0.3) is 0 Å². The van der Waals surface area contributed by atoms with Crippen LogP contribution in [0.25, 0.3) is 0 Å². The normalized spacial score (nSPS) is 22.4. The number of hydrogen-bond donors (Lipinski definition) is 1. The second-order valence-corrected chi connectivity index (χ2v) is 6.35. The van der Waals surface area contributed by atoms with Gasteiger partial charge in [-0.3, -0.25) is 9.59 Å². The molecule has 1 amide bonds. The SMILES string of the molecule is CC[C@@H](C)Oc1ccccc1[C@H]1CC(=O)NC2=C1C(=O)CCC2. The molecule has 4 nitrogen and oxygen atoms in total. The van der Waals surface area contributed by atoms with E-state index in [1.165, 1.54) is 0 Å². The molecule has 1 aliphatic carbocycles. The lowest BCUT2D eigenvalue weighted by Gasteiger charge is -2.32. The van der Waals surface area contributed by atoms with Crippen LogP contribution in [0.5, 0.6) is 5.75 Å². The summed E-state index contributed by atoms with van der Waals surface area (Å²) in [6.07, 6.45) is 3.48. The predicted octanol–water partition coefficient (Wildman–Crippen LogP) is 3.47. The third-order valence-electron chi connectivity index (χ3n) is 4.68. The Bertz CT molecular complexity index is 662. The molecule has 0 spiro atoms. The van der Waals surface area contributed by atoms with E-state index in [0.29, 0.717) is 12.8 Å². The highest BCUT2D eigenvalue weighted by Crippen LogP contribution is 2.41. The lowest BCUT2D eigenvalue weighted by Crippen LogP contribution is -2.36. The minimum absolute atomic E-state index is 0.0122. The first-order valence-electron chi connectivity index (χ1n) is 8.41. The summed E-state index contributed by atoms with van der Waals surface area (Å²) in [4.78, 5) is 24.6. The van der Waals surface area contributed by atoms with E-state index in [2.05, 4.69) is 12.2 Å². The molecule has 2 aliphatic rings. The fourth-order valence-electron chi connectivity index (χ4n) is 3.35. The molecule has 0 aromatic heterocycles. The molecule has 1 heterocycles. The van der Waals surface area contributed by atoms with Crippen molar-refractivity contribution in [1.82, 2.24) is 5.32 Å². The minimum atomic E-state index is -0.188. The highest BCUT2D eigenvalue weighted by atomic mass is 16.5. The topological polar surface area (TPSA) is 55.4 Å². The van der Waals surface area contributed by atoms with Crippen LogP contribution in [0.4, 0.5) is 0 Å². The molecule has 1 aromatic rings. The first kappa shape index (κ1) is 15.8. The molecule has 0 saturated heterocycles. The molecule has 4 heteroatoms. The van der Waals surface area contributed by atoms with Crippen LogP contribution in [0.3, 0.4) is 0 Å². The first-order chi connectivity index (χ1) is 11.1. The number of ether oxygens (including phenoxy) is 1. The van der Waals surface area contributed by atoms with Crippen molar-refractivity contribution in [3.05, 3.63) is 41.1 Å². The van der Waals surface area contributed by atoms with Crippen LogP contribution in [-0.4, -0.2) is 17.8 Å². The van der Waals surface area contributed by atoms with Crippen molar-refractivity contribution in [3.8, 4) is 5.75 Å². The number of amides is 1. The number of ketones is 1. The third-order valence-corrected chi connectivity index (χ3v) is 4.68. The van der Waals surface area contributed by atoms with E-state index >= 15 is 0 Å². The zero-order valence-corrected chi connectivity index (χ0v) is 13.7. The van der Waals surface area contributed by atoms with Crippen molar-refractivity contribution in [2.75, 3.05) is 0 Å². The van der Waals surface area contributed by atoms with Gasteiger partial charge in [0.2, 0.25) is 5.91 Å². The zero-order chi connectivity index (χ0) is 16.4. The number of benzene rings is 1. The molecule has 23 heavy (non-hydrogen) atoms. The monoisotopic (exact) mass is 313 g/mol. The van der Waals surface area contributed by atoms with E-state index in [-0.39, 0.29) is 23.7 Å². The maximum absolute atomic E-state index is 12.5. The van der Waals surface area contributed by atoms with Gasteiger partial charge in [-0.25, -0.2) is 0 Å². The highest BCUT2D eigenvalue weighted by molar-refractivity contribution is 6.01. The van der Waals surface area contributed by atoms with Crippen molar-refractivity contribution in [2.24, 2.45) is 0 Å². The number of carbonyl (C=O) groups is 2. The summed E-state index contributed by atoms with van der Waals surface area (Å²) in [5.74, 6) is 0.745. The molecule has 0 saturated carbocycles. The smallest absolute Gasteiger partial charge is 0.225 e. The average molecular weight is 313 g/mol. The molecular formula is C19H23NO3. The summed E-state index contributed by atoms with van der Waals surface area (Å²) >= 11 is 0. The maximum Gasteiger partial charge on any atom is 0.225 e. The molecule has 0 fully saturated rings. The van der Waals surface area contributed by atoms with Gasteiger partial charge < -0.3 is 10.1 Å². The molecule has 0 radical (unpaired) electrons. The fourth-order valence-corrected chi connectivity index (χ4v) is 3.35. The van der Waals surface area contributed by atoms with E-state index in [1.54, 1.807) is 0 Å². The molecule has 1 N–H and O–H groups in total. The third kappa shape index (κ3) is 3.16. The lowest BCUT2D eigenvalue weighted by molar-refractivity contribution is -0.122. The van der Waals surface area contributed by atoms with E-state index in [0.717, 1.165) is 41.8 Å². The van der Waals surface area contributed by atoms with Crippen molar-refractivity contribution in [2.45, 2.75) is 58.0 Å². The van der Waals surface area contributed by atoms with Crippen LogP contribution in [0.1, 0.15) is 57.4 Å². The Kier molecular flexibility index (Phi) is 4.51. The van der Waals surface area contributed by atoms with Gasteiger partial charge >= 0.3 is 0 Å². The van der Waals surface area contributed by atoms with E-state index < -0.39 is 0 Å². The van der Waals surface area contributed by atoms with Crippen molar-refractivity contribution >= 4 is 11.7 Å². The summed E-state index contributed by atoms with van der Waals surface area (Å²) < 4.78 is 6.03. The summed E-state index contributed by atoms with van der Waals surface area (Å²) in [6.45, 7) is 4.10. The lowest BCUT2D eigenvalue weighted by atomic mass is 9.78. The Morgan fingerprint density at radius 1 is 1.26 bits per heavy atom. The van der Waals surface area contributed by atoms with Gasteiger partial charge in [-0.05, 0) is 32.3 Å². The second kappa shape index (κ2) is 6.57. The van der Waals surface area contributed by atoms with Crippen molar-refractivity contribution < 1.29 is 14.3 Å². The fraction of sp³-hybridized carbons (Fsp3) is 0.474. The number of Topliss-reactive ketones (excluding diaryl/α,β-unsaturated/α-hetero) is 1. The van der Waals surface area contributed by atoms with Crippen molar-refractivity contribution in [3.63, 3.8) is 0 Å². The predicted molar refractivity (Wildman–Crippen MR) is 88.2 cm³/mol. The second-order valence-electron chi connectivity index (χ2n) is 6.35. The molecule has 3 rings (SSSR count). The number of allylic oxidation sites excluding steroid dienone is 2. The maximum atomic E-state index is 12.5. The van der Waals surface area contributed by atoms with Crippen LogP contribution in [0.2, 0.25) is 0 Å². The van der Waals surface area contributed by atoms with Gasteiger partial charge in [-0.1, -0.05) is 25.1 Å². The van der Waals surface area contributed by atoms with Gasteiger partial charge in [0, 0.05) is 35.6 Å². The minimum Gasteiger partial charge on any atom is -0.490 e. The molecular weight excluding hydrogens is 290 g/mol. The summed E-state index contributed by atoms with van der Waals surface area (Å²) in [6, 6.07) is 7.79. The quantitative estimate of drug-likeness (QED) is 0.926. The van der Waals surface area contributed by atoms with Gasteiger partial charge in [-0.15, -0.1) is 0 Å². The largest absolute Gasteiger partial charge is 0.490 e. The zero-order valence-electron chi connectivity index (χ0n) is 13.7. The van der Waals surface area contributed by atoms with Gasteiger partial charge in [-0.2, -0.15) is 0 Å². The molecule has 2 atom stereocenters. The first-order valence-corrected chi connectivity index (χ1v) is 8.41. The van der Waals surface area contributed by atoms with Gasteiger partial charge in [0.05, 0.1) is 6.10 Å². The number of para-hydroxylation sites is 1. The molecule has 0 bridgehead atoms.